The molecule has 0 aliphatic carbocycles. The lowest BCUT2D eigenvalue weighted by Gasteiger charge is -2.03. The van der Waals surface area contributed by atoms with Crippen molar-refractivity contribution >= 4 is 11.6 Å². The molecule has 2 aromatic rings. The van der Waals surface area contributed by atoms with E-state index in [2.05, 4.69) is 17.2 Å². The molecule has 1 heterocycles. The molecule has 1 aromatic carbocycles. The fourth-order valence-electron chi connectivity index (χ4n) is 2.09. The Morgan fingerprint density at radius 1 is 1.30 bits per heavy atom. The third-order valence-corrected chi connectivity index (χ3v) is 3.67. The van der Waals surface area contributed by atoms with Gasteiger partial charge in [-0.3, -0.25) is 0 Å². The van der Waals surface area contributed by atoms with E-state index in [1.165, 1.54) is 0 Å². The topological polar surface area (TPSA) is 38.1 Å². The van der Waals surface area contributed by atoms with Gasteiger partial charge in [-0.2, -0.15) is 0 Å². The van der Waals surface area contributed by atoms with Crippen molar-refractivity contribution in [3.8, 4) is 11.3 Å². The zero-order valence-corrected chi connectivity index (χ0v) is 12.8. The standard InChI is InChI=1S/C16H21ClN2O/c1-3-9-18-10-5-8-16-19-11-15(20-16)13-6-4-7-14(17)12(13)2/h4,6-7,11,18H,3,5,8-10H2,1-2H3. The number of hydrogen-bond acceptors (Lipinski definition) is 3. The third-order valence-electron chi connectivity index (χ3n) is 3.26. The molecule has 0 saturated heterocycles. The maximum Gasteiger partial charge on any atom is 0.194 e. The molecule has 0 radical (unpaired) electrons. The maximum atomic E-state index is 6.13. The average Bonchev–Trinajstić information content (AvgIpc) is 2.90. The summed E-state index contributed by atoms with van der Waals surface area (Å²) < 4.78 is 5.81. The Labute approximate surface area is 125 Å². The Kier molecular flexibility index (Phi) is 5.62. The second kappa shape index (κ2) is 7.46. The molecule has 0 aliphatic heterocycles. The lowest BCUT2D eigenvalue weighted by Crippen LogP contribution is -2.16. The summed E-state index contributed by atoms with van der Waals surface area (Å²) >= 11 is 6.13. The molecule has 1 aromatic heterocycles. The van der Waals surface area contributed by atoms with E-state index in [4.69, 9.17) is 16.0 Å². The van der Waals surface area contributed by atoms with E-state index in [0.717, 1.165) is 60.2 Å². The van der Waals surface area contributed by atoms with Crippen LogP contribution >= 0.6 is 11.6 Å². The number of rotatable bonds is 7. The molecule has 0 bridgehead atoms. The lowest BCUT2D eigenvalue weighted by atomic mass is 10.1. The predicted molar refractivity (Wildman–Crippen MR) is 83.2 cm³/mol. The van der Waals surface area contributed by atoms with Crippen molar-refractivity contribution in [1.82, 2.24) is 10.3 Å². The van der Waals surface area contributed by atoms with E-state index in [-0.39, 0.29) is 0 Å². The minimum absolute atomic E-state index is 0.754. The first kappa shape index (κ1) is 15.1. The van der Waals surface area contributed by atoms with Crippen molar-refractivity contribution < 1.29 is 4.42 Å². The van der Waals surface area contributed by atoms with Gasteiger partial charge < -0.3 is 9.73 Å². The summed E-state index contributed by atoms with van der Waals surface area (Å²) in [7, 11) is 0. The van der Waals surface area contributed by atoms with Crippen molar-refractivity contribution in [2.75, 3.05) is 13.1 Å². The summed E-state index contributed by atoms with van der Waals surface area (Å²) in [5.74, 6) is 1.58. The van der Waals surface area contributed by atoms with E-state index >= 15 is 0 Å². The van der Waals surface area contributed by atoms with Crippen molar-refractivity contribution in [3.63, 3.8) is 0 Å². The van der Waals surface area contributed by atoms with Crippen LogP contribution in [-0.4, -0.2) is 18.1 Å². The largest absolute Gasteiger partial charge is 0.441 e. The Morgan fingerprint density at radius 3 is 2.95 bits per heavy atom. The van der Waals surface area contributed by atoms with Gasteiger partial charge in [0.25, 0.3) is 0 Å². The summed E-state index contributed by atoms with van der Waals surface area (Å²) in [6, 6.07) is 5.83. The minimum Gasteiger partial charge on any atom is -0.441 e. The van der Waals surface area contributed by atoms with Crippen LogP contribution in [0, 0.1) is 6.92 Å². The number of aromatic nitrogens is 1. The van der Waals surface area contributed by atoms with Gasteiger partial charge in [-0.25, -0.2) is 4.98 Å². The molecule has 0 aliphatic rings. The zero-order chi connectivity index (χ0) is 14.4. The maximum absolute atomic E-state index is 6.13. The number of nitrogens with zero attached hydrogens (tertiary/aromatic N) is 1. The minimum atomic E-state index is 0.754. The number of benzene rings is 1. The van der Waals surface area contributed by atoms with Crippen LogP contribution in [0.25, 0.3) is 11.3 Å². The van der Waals surface area contributed by atoms with Crippen LogP contribution in [-0.2, 0) is 6.42 Å². The Morgan fingerprint density at radius 2 is 2.15 bits per heavy atom. The van der Waals surface area contributed by atoms with Gasteiger partial charge in [0.2, 0.25) is 0 Å². The number of nitrogens with one attached hydrogen (secondary N) is 1. The summed E-state index contributed by atoms with van der Waals surface area (Å²) in [6.07, 6.45) is 4.84. The predicted octanol–water partition coefficient (Wildman–Crippen LogP) is 4.24. The molecule has 0 saturated carbocycles. The molecule has 0 spiro atoms. The number of halogens is 1. The first-order valence-electron chi connectivity index (χ1n) is 7.13. The Hall–Kier alpha value is -1.32. The van der Waals surface area contributed by atoms with E-state index in [9.17, 15) is 0 Å². The van der Waals surface area contributed by atoms with Gasteiger partial charge in [0.1, 0.15) is 0 Å². The molecule has 1 N–H and O–H groups in total. The lowest BCUT2D eigenvalue weighted by molar-refractivity contribution is 0.491. The molecule has 0 unspecified atom stereocenters. The number of oxazole rings is 1. The Balaban J connectivity index is 1.97. The molecule has 0 fully saturated rings. The summed E-state index contributed by atoms with van der Waals surface area (Å²) in [5, 5.41) is 4.13. The van der Waals surface area contributed by atoms with Gasteiger partial charge in [0, 0.05) is 17.0 Å². The van der Waals surface area contributed by atoms with Crippen LogP contribution in [0.1, 0.15) is 31.2 Å². The molecular formula is C16H21ClN2O. The van der Waals surface area contributed by atoms with Crippen LogP contribution in [0.3, 0.4) is 0 Å². The zero-order valence-electron chi connectivity index (χ0n) is 12.1. The molecule has 0 amide bonds. The Bertz CT molecular complexity index is 551. The molecular weight excluding hydrogens is 272 g/mol. The van der Waals surface area contributed by atoms with Crippen molar-refractivity contribution in [3.05, 3.63) is 40.9 Å². The van der Waals surface area contributed by atoms with Crippen molar-refractivity contribution in [1.29, 1.82) is 0 Å². The fraction of sp³-hybridized carbons (Fsp3) is 0.438. The van der Waals surface area contributed by atoms with Crippen LogP contribution in [0.2, 0.25) is 5.02 Å². The smallest absolute Gasteiger partial charge is 0.194 e. The summed E-state index contributed by atoms with van der Waals surface area (Å²) in [6.45, 7) is 6.23. The van der Waals surface area contributed by atoms with Gasteiger partial charge in [0.05, 0.1) is 6.20 Å². The molecule has 0 atom stereocenters. The van der Waals surface area contributed by atoms with Gasteiger partial charge in [-0.15, -0.1) is 0 Å². The van der Waals surface area contributed by atoms with E-state index in [0.29, 0.717) is 0 Å². The quantitative estimate of drug-likeness (QED) is 0.776. The van der Waals surface area contributed by atoms with Gasteiger partial charge in [0.15, 0.2) is 11.7 Å². The highest BCUT2D eigenvalue weighted by atomic mass is 35.5. The molecule has 2 rings (SSSR count). The highest BCUT2D eigenvalue weighted by Gasteiger charge is 2.10. The summed E-state index contributed by atoms with van der Waals surface area (Å²) in [4.78, 5) is 4.34. The SMILES string of the molecule is CCCNCCCc1ncc(-c2cccc(Cl)c2C)o1. The third kappa shape index (κ3) is 3.84. The molecule has 4 heteroatoms. The van der Waals surface area contributed by atoms with Crippen LogP contribution < -0.4 is 5.32 Å². The van der Waals surface area contributed by atoms with Gasteiger partial charge in [-0.05, 0) is 44.5 Å². The first-order valence-corrected chi connectivity index (χ1v) is 7.51. The van der Waals surface area contributed by atoms with Crippen molar-refractivity contribution in [2.24, 2.45) is 0 Å². The fourth-order valence-corrected chi connectivity index (χ4v) is 2.27. The van der Waals surface area contributed by atoms with Crippen LogP contribution in [0.4, 0.5) is 0 Å². The number of aryl methyl sites for hydroxylation is 1. The van der Waals surface area contributed by atoms with E-state index < -0.39 is 0 Å². The molecule has 108 valence electrons. The second-order valence-corrected chi connectivity index (χ2v) is 5.29. The normalized spacial score (nSPS) is 10.9. The van der Waals surface area contributed by atoms with Crippen molar-refractivity contribution in [2.45, 2.75) is 33.1 Å². The van der Waals surface area contributed by atoms with Gasteiger partial charge in [-0.1, -0.05) is 30.7 Å². The van der Waals surface area contributed by atoms with Crippen LogP contribution in [0.5, 0.6) is 0 Å². The van der Waals surface area contributed by atoms with E-state index in [1.807, 2.05) is 25.1 Å². The monoisotopic (exact) mass is 292 g/mol. The highest BCUT2D eigenvalue weighted by molar-refractivity contribution is 6.31. The summed E-state index contributed by atoms with van der Waals surface area (Å²) in [5.41, 5.74) is 2.04. The van der Waals surface area contributed by atoms with Gasteiger partial charge >= 0.3 is 0 Å². The average molecular weight is 293 g/mol. The second-order valence-electron chi connectivity index (χ2n) is 4.88. The molecule has 3 nitrogen and oxygen atoms in total. The highest BCUT2D eigenvalue weighted by Crippen LogP contribution is 2.28. The van der Waals surface area contributed by atoms with E-state index in [1.54, 1.807) is 6.20 Å². The number of hydrogen-bond donors (Lipinski definition) is 1. The first-order chi connectivity index (χ1) is 9.72. The molecule has 20 heavy (non-hydrogen) atoms. The van der Waals surface area contributed by atoms with Crippen LogP contribution in [0.15, 0.2) is 28.8 Å².